The second-order valence-electron chi connectivity index (χ2n) is 7.56. The van der Waals surface area contributed by atoms with Crippen LogP contribution in [0.15, 0.2) is 18.2 Å². The second-order valence-corrected chi connectivity index (χ2v) is 7.56. The largest absolute Gasteiger partial charge is 0.508 e. The molecule has 1 saturated heterocycles. The van der Waals surface area contributed by atoms with E-state index in [1.54, 1.807) is 19.2 Å². The first-order valence-corrected chi connectivity index (χ1v) is 9.03. The highest BCUT2D eigenvalue weighted by Gasteiger charge is 2.68. The van der Waals surface area contributed by atoms with E-state index in [0.717, 1.165) is 36.1 Å². The van der Waals surface area contributed by atoms with Gasteiger partial charge in [-0.1, -0.05) is 6.07 Å². The Bertz CT molecular complexity index is 760. The van der Waals surface area contributed by atoms with Crippen LogP contribution in [0.25, 0.3) is 0 Å². The Morgan fingerprint density at radius 3 is 2.73 bits per heavy atom. The van der Waals surface area contributed by atoms with E-state index in [1.807, 2.05) is 6.07 Å². The Morgan fingerprint density at radius 1 is 1.35 bits per heavy atom. The van der Waals surface area contributed by atoms with Crippen LogP contribution in [0.5, 0.6) is 5.75 Å². The normalized spacial score (nSPS) is 33.2. The molecule has 2 fully saturated rings. The van der Waals surface area contributed by atoms with Crippen LogP contribution < -0.4 is 5.32 Å². The fourth-order valence-corrected chi connectivity index (χ4v) is 5.19. The summed E-state index contributed by atoms with van der Waals surface area (Å²) in [4.78, 5) is 26.9. The number of halogens is 1. The molecule has 1 aliphatic heterocycles. The number of phenolic OH excluding ortho intramolecular Hbond substituents is 1. The number of imide groups is 1. The summed E-state index contributed by atoms with van der Waals surface area (Å²) >= 11 is 0. The number of nitrogens with one attached hydrogen (secondary N) is 1. The third-order valence-corrected chi connectivity index (χ3v) is 6.46. The second kappa shape index (κ2) is 5.94. The van der Waals surface area contributed by atoms with Gasteiger partial charge >= 0.3 is 6.03 Å². The van der Waals surface area contributed by atoms with Crippen molar-refractivity contribution < 1.29 is 23.8 Å². The van der Waals surface area contributed by atoms with Gasteiger partial charge in [-0.05, 0) is 55.4 Å². The summed E-state index contributed by atoms with van der Waals surface area (Å²) in [5.74, 6) is -0.350. The maximum absolute atomic E-state index is 13.4. The smallest absolute Gasteiger partial charge is 0.325 e. The molecule has 2 spiro atoms. The molecule has 4 rings (SSSR count). The van der Waals surface area contributed by atoms with Crippen molar-refractivity contribution in [1.29, 1.82) is 0 Å². The van der Waals surface area contributed by atoms with Crippen molar-refractivity contribution in [3.63, 3.8) is 0 Å². The number of aromatic hydroxyl groups is 1. The molecule has 2 aliphatic carbocycles. The number of rotatable bonds is 3. The van der Waals surface area contributed by atoms with Crippen LogP contribution in [-0.4, -0.2) is 48.4 Å². The lowest BCUT2D eigenvalue weighted by molar-refractivity contribution is -0.138. The molecule has 2 N–H and O–H groups in total. The molecular weight excluding hydrogens is 339 g/mol. The summed E-state index contributed by atoms with van der Waals surface area (Å²) in [5.41, 5.74) is -0.107. The van der Waals surface area contributed by atoms with Crippen molar-refractivity contribution in [2.24, 2.45) is 5.41 Å². The number of ether oxygens (including phenoxy) is 1. The number of amides is 3. The predicted octanol–water partition coefficient (Wildman–Crippen LogP) is 2.24. The lowest BCUT2D eigenvalue weighted by atomic mass is 9.61. The van der Waals surface area contributed by atoms with Crippen LogP contribution in [0.4, 0.5) is 9.18 Å². The summed E-state index contributed by atoms with van der Waals surface area (Å²) in [7, 11) is 1.69. The molecule has 1 atom stereocenters. The number of carbonyl (C=O) groups excluding carboxylic acids is 2. The highest BCUT2D eigenvalue weighted by atomic mass is 19.1. The minimum atomic E-state index is -1.23. The Hall–Kier alpha value is -2.15. The van der Waals surface area contributed by atoms with Gasteiger partial charge in [0.2, 0.25) is 0 Å². The molecule has 0 bridgehead atoms. The zero-order valence-electron chi connectivity index (χ0n) is 14.8. The fourth-order valence-electron chi connectivity index (χ4n) is 5.19. The number of methoxy groups -OCH3 is 1. The van der Waals surface area contributed by atoms with Gasteiger partial charge in [-0.3, -0.25) is 9.69 Å². The molecule has 1 saturated carbocycles. The van der Waals surface area contributed by atoms with Gasteiger partial charge in [0.1, 0.15) is 12.4 Å². The lowest BCUT2D eigenvalue weighted by Crippen LogP contribution is -2.56. The van der Waals surface area contributed by atoms with Crippen molar-refractivity contribution in [1.82, 2.24) is 10.2 Å². The van der Waals surface area contributed by atoms with Crippen molar-refractivity contribution in [3.05, 3.63) is 29.3 Å². The van der Waals surface area contributed by atoms with Gasteiger partial charge in [0.05, 0.1) is 12.6 Å². The van der Waals surface area contributed by atoms with E-state index >= 15 is 0 Å². The molecule has 3 amide bonds. The number of nitrogens with zero attached hydrogens (tertiary/aromatic N) is 1. The number of hydrogen-bond acceptors (Lipinski definition) is 4. The minimum absolute atomic E-state index is 0.0525. The summed E-state index contributed by atoms with van der Waals surface area (Å²) in [6, 6.07) is 4.44. The molecule has 0 radical (unpaired) electrons. The molecule has 3 aliphatic rings. The van der Waals surface area contributed by atoms with Gasteiger partial charge in [0.15, 0.2) is 5.54 Å². The van der Waals surface area contributed by atoms with E-state index < -0.39 is 29.6 Å². The summed E-state index contributed by atoms with van der Waals surface area (Å²) in [6.45, 7) is -1.03. The molecule has 1 heterocycles. The molecule has 1 aromatic carbocycles. The highest BCUT2D eigenvalue weighted by Crippen LogP contribution is 2.60. The summed E-state index contributed by atoms with van der Waals surface area (Å²) in [6.07, 6.45) is 3.82. The van der Waals surface area contributed by atoms with Crippen LogP contribution in [0.2, 0.25) is 0 Å². The zero-order valence-corrected chi connectivity index (χ0v) is 14.8. The Morgan fingerprint density at radius 2 is 2.08 bits per heavy atom. The summed E-state index contributed by atoms with van der Waals surface area (Å²) in [5, 5.41) is 12.9. The first-order chi connectivity index (χ1) is 12.5. The number of hydrogen-bond donors (Lipinski definition) is 2. The zero-order chi connectivity index (χ0) is 18.5. The van der Waals surface area contributed by atoms with Crippen molar-refractivity contribution in [2.75, 3.05) is 20.3 Å². The number of urea groups is 1. The van der Waals surface area contributed by atoms with Crippen LogP contribution in [-0.2, 0) is 21.5 Å². The highest BCUT2D eigenvalue weighted by molar-refractivity contribution is 6.09. The minimum Gasteiger partial charge on any atom is -0.508 e. The molecule has 1 aromatic rings. The quantitative estimate of drug-likeness (QED) is 0.809. The van der Waals surface area contributed by atoms with Crippen molar-refractivity contribution in [2.45, 2.75) is 43.7 Å². The number of carbonyl (C=O) groups is 2. The number of fused-ring (bicyclic) bond motifs is 3. The van der Waals surface area contributed by atoms with E-state index in [4.69, 9.17) is 4.74 Å². The van der Waals surface area contributed by atoms with Crippen LogP contribution in [0.3, 0.4) is 0 Å². The summed E-state index contributed by atoms with van der Waals surface area (Å²) < 4.78 is 18.4. The van der Waals surface area contributed by atoms with Crippen molar-refractivity contribution in [3.8, 4) is 5.75 Å². The van der Waals surface area contributed by atoms with E-state index in [1.165, 1.54) is 0 Å². The third kappa shape index (κ3) is 2.13. The third-order valence-electron chi connectivity index (χ3n) is 6.46. The van der Waals surface area contributed by atoms with Crippen molar-refractivity contribution >= 4 is 11.9 Å². The Labute approximate surface area is 151 Å². The van der Waals surface area contributed by atoms with Gasteiger partial charge in [-0.2, -0.15) is 0 Å². The van der Waals surface area contributed by atoms with E-state index in [-0.39, 0.29) is 18.4 Å². The number of alkyl halides is 1. The maximum Gasteiger partial charge on any atom is 0.325 e. The van der Waals surface area contributed by atoms with Gasteiger partial charge in [0.25, 0.3) is 5.91 Å². The Kier molecular flexibility index (Phi) is 3.95. The number of benzene rings is 1. The van der Waals surface area contributed by atoms with E-state index in [0.29, 0.717) is 12.0 Å². The average molecular weight is 362 g/mol. The van der Waals surface area contributed by atoms with Crippen LogP contribution in [0.1, 0.15) is 36.8 Å². The monoisotopic (exact) mass is 362 g/mol. The van der Waals surface area contributed by atoms with E-state index in [2.05, 4.69) is 5.32 Å². The van der Waals surface area contributed by atoms with Gasteiger partial charge < -0.3 is 15.2 Å². The average Bonchev–Trinajstić information content (AvgIpc) is 3.04. The molecule has 7 heteroatoms. The topological polar surface area (TPSA) is 78.9 Å². The first-order valence-electron chi connectivity index (χ1n) is 9.03. The molecular formula is C19H23FN2O4. The SMILES string of the molecule is COC1CCC2(CC1)Cc1ccc(O)cc1C21NC(=O)N(CCF)C1=O. The van der Waals surface area contributed by atoms with E-state index in [9.17, 15) is 19.1 Å². The first kappa shape index (κ1) is 17.3. The molecule has 0 aromatic heterocycles. The van der Waals surface area contributed by atoms with Gasteiger partial charge in [0, 0.05) is 12.5 Å². The molecule has 1 unspecified atom stereocenters. The molecule has 26 heavy (non-hydrogen) atoms. The van der Waals surface area contributed by atoms with Gasteiger partial charge in [-0.25, -0.2) is 9.18 Å². The predicted molar refractivity (Wildman–Crippen MR) is 91.4 cm³/mol. The number of phenols is 1. The molecule has 140 valence electrons. The lowest BCUT2D eigenvalue weighted by Gasteiger charge is -2.46. The Balaban J connectivity index is 1.84. The fraction of sp³-hybridized carbons (Fsp3) is 0.579. The van der Waals surface area contributed by atoms with Crippen LogP contribution in [0, 0.1) is 5.41 Å². The standard InChI is InChI=1S/C19H23FN2O4/c1-26-14-4-6-18(7-5-14)11-12-2-3-13(23)10-15(12)19(18)16(24)22(9-8-20)17(25)21-19/h2-3,10,14,23H,4-9,11H2,1H3,(H,21,25). The van der Waals surface area contributed by atoms with Crippen LogP contribution >= 0.6 is 0 Å². The van der Waals surface area contributed by atoms with Gasteiger partial charge in [-0.15, -0.1) is 0 Å². The molecule has 6 nitrogen and oxygen atoms in total. The maximum atomic E-state index is 13.4.